The molecule has 1 aromatic carbocycles. The van der Waals surface area contributed by atoms with Crippen molar-refractivity contribution >= 4 is 45.9 Å². The number of alkyl halides is 2. The highest BCUT2D eigenvalue weighted by atomic mass is 127. The number of aromatic nitrogens is 3. The Labute approximate surface area is 188 Å². The summed E-state index contributed by atoms with van der Waals surface area (Å²) in [6.07, 6.45) is 2.50. The van der Waals surface area contributed by atoms with Gasteiger partial charge in [0.2, 0.25) is 0 Å². The van der Waals surface area contributed by atoms with Gasteiger partial charge in [0.1, 0.15) is 17.9 Å². The lowest BCUT2D eigenvalue weighted by atomic mass is 10.2. The Morgan fingerprint density at radius 3 is 2.79 bits per heavy atom. The van der Waals surface area contributed by atoms with Gasteiger partial charge in [-0.25, -0.2) is 4.99 Å². The topological polar surface area (TPSA) is 76.4 Å². The van der Waals surface area contributed by atoms with E-state index in [1.54, 1.807) is 18.5 Å². The zero-order chi connectivity index (χ0) is 19.6. The Morgan fingerprint density at radius 2 is 2.11 bits per heavy atom. The van der Waals surface area contributed by atoms with Crippen LogP contribution in [0.2, 0.25) is 0 Å². The predicted molar refractivity (Wildman–Crippen MR) is 118 cm³/mol. The van der Waals surface area contributed by atoms with E-state index in [1.165, 1.54) is 6.07 Å². The molecule has 1 aromatic heterocycles. The molecule has 0 aliphatic rings. The Hall–Kier alpha value is -1.50. The van der Waals surface area contributed by atoms with Gasteiger partial charge in [-0.05, 0) is 25.1 Å². The molecule has 0 atom stereocenters. The number of aliphatic imine (C=N–C) groups is 1. The number of hydrogen-bond donors (Lipinski definition) is 2. The Bertz CT molecular complexity index is 759. The fourth-order valence-electron chi connectivity index (χ4n) is 2.42. The molecule has 7 nitrogen and oxygen atoms in total. The lowest BCUT2D eigenvalue weighted by Gasteiger charge is -2.13. The first kappa shape index (κ1) is 24.5. The van der Waals surface area contributed by atoms with Crippen LogP contribution in [0.5, 0.6) is 5.75 Å². The molecule has 2 rings (SSSR count). The first-order valence-electron chi connectivity index (χ1n) is 8.65. The van der Waals surface area contributed by atoms with Gasteiger partial charge in [-0.15, -0.1) is 34.2 Å². The second kappa shape index (κ2) is 12.9. The minimum Gasteiger partial charge on any atom is -0.434 e. The van der Waals surface area contributed by atoms with Gasteiger partial charge in [-0.3, -0.25) is 0 Å². The standard InChI is InChI=1S/C17H23BrF2N6O.HI/c1-3-15-25-24-11-26(15)8-7-22-17(21-4-2)23-10-12-9-13(18)5-6-14(12)27-16(19)20;/h5-6,9,11,16H,3-4,7-8,10H2,1-2H3,(H2,21,22,23);1H. The normalized spacial score (nSPS) is 11.3. The molecule has 0 spiro atoms. The van der Waals surface area contributed by atoms with Crippen LogP contribution in [0.3, 0.4) is 0 Å². The van der Waals surface area contributed by atoms with E-state index in [9.17, 15) is 8.78 Å². The third-order valence-electron chi connectivity index (χ3n) is 3.65. The van der Waals surface area contributed by atoms with E-state index >= 15 is 0 Å². The van der Waals surface area contributed by atoms with Crippen molar-refractivity contribution < 1.29 is 13.5 Å². The van der Waals surface area contributed by atoms with Crippen LogP contribution in [-0.4, -0.2) is 40.4 Å². The first-order chi connectivity index (χ1) is 13.0. The summed E-state index contributed by atoms with van der Waals surface area (Å²) in [5, 5.41) is 14.3. The smallest absolute Gasteiger partial charge is 0.387 e. The lowest BCUT2D eigenvalue weighted by Crippen LogP contribution is -2.39. The van der Waals surface area contributed by atoms with Crippen LogP contribution in [-0.2, 0) is 19.5 Å². The van der Waals surface area contributed by atoms with Crippen LogP contribution >= 0.6 is 39.9 Å². The van der Waals surface area contributed by atoms with Crippen molar-refractivity contribution in [2.24, 2.45) is 4.99 Å². The molecule has 0 aliphatic heterocycles. The average Bonchev–Trinajstić information content (AvgIpc) is 3.08. The Balaban J connectivity index is 0.00000392. The fraction of sp³-hybridized carbons (Fsp3) is 0.471. The zero-order valence-corrected chi connectivity index (χ0v) is 19.6. The van der Waals surface area contributed by atoms with Gasteiger partial charge in [-0.1, -0.05) is 22.9 Å². The van der Waals surface area contributed by atoms with Crippen molar-refractivity contribution in [2.45, 2.75) is 40.0 Å². The van der Waals surface area contributed by atoms with Crippen molar-refractivity contribution in [3.63, 3.8) is 0 Å². The maximum Gasteiger partial charge on any atom is 0.387 e. The molecule has 1 heterocycles. The second-order valence-electron chi connectivity index (χ2n) is 5.55. The van der Waals surface area contributed by atoms with Crippen molar-refractivity contribution in [3.05, 3.63) is 40.4 Å². The number of hydrogen-bond acceptors (Lipinski definition) is 4. The van der Waals surface area contributed by atoms with Gasteiger partial charge in [0.25, 0.3) is 0 Å². The van der Waals surface area contributed by atoms with Gasteiger partial charge >= 0.3 is 6.61 Å². The summed E-state index contributed by atoms with van der Waals surface area (Å²) in [5.74, 6) is 1.62. The highest BCUT2D eigenvalue weighted by molar-refractivity contribution is 14.0. The monoisotopic (exact) mass is 572 g/mol. The molecule has 0 amide bonds. The van der Waals surface area contributed by atoms with E-state index in [0.29, 0.717) is 31.2 Å². The summed E-state index contributed by atoms with van der Waals surface area (Å²) in [7, 11) is 0. The van der Waals surface area contributed by atoms with Crippen molar-refractivity contribution in [3.8, 4) is 5.75 Å². The highest BCUT2D eigenvalue weighted by Crippen LogP contribution is 2.25. The van der Waals surface area contributed by atoms with Crippen LogP contribution in [0.1, 0.15) is 25.2 Å². The van der Waals surface area contributed by atoms with Crippen LogP contribution < -0.4 is 15.4 Å². The minimum atomic E-state index is -2.88. The van der Waals surface area contributed by atoms with Gasteiger partial charge in [0, 0.05) is 36.1 Å². The largest absolute Gasteiger partial charge is 0.434 e. The van der Waals surface area contributed by atoms with E-state index in [2.05, 4.69) is 46.5 Å². The Morgan fingerprint density at radius 1 is 1.32 bits per heavy atom. The summed E-state index contributed by atoms with van der Waals surface area (Å²) in [6.45, 7) is 3.29. The molecular weight excluding hydrogens is 549 g/mol. The molecule has 0 saturated heterocycles. The number of nitrogens with one attached hydrogen (secondary N) is 2. The minimum absolute atomic E-state index is 0. The van der Waals surface area contributed by atoms with Crippen molar-refractivity contribution in [2.75, 3.05) is 13.1 Å². The van der Waals surface area contributed by atoms with Crippen LogP contribution in [0.4, 0.5) is 8.78 Å². The van der Waals surface area contributed by atoms with E-state index < -0.39 is 6.61 Å². The van der Waals surface area contributed by atoms with Gasteiger partial charge in [-0.2, -0.15) is 8.78 Å². The number of ether oxygens (including phenoxy) is 1. The molecule has 0 fully saturated rings. The number of benzene rings is 1. The van der Waals surface area contributed by atoms with Crippen molar-refractivity contribution in [1.29, 1.82) is 0 Å². The average molecular weight is 573 g/mol. The van der Waals surface area contributed by atoms with Crippen molar-refractivity contribution in [1.82, 2.24) is 25.4 Å². The number of aryl methyl sites for hydroxylation is 1. The van der Waals surface area contributed by atoms with Crippen LogP contribution in [0.15, 0.2) is 34.0 Å². The Kier molecular flexibility index (Phi) is 11.3. The van der Waals surface area contributed by atoms with Gasteiger partial charge < -0.3 is 19.9 Å². The molecule has 0 radical (unpaired) electrons. The zero-order valence-electron chi connectivity index (χ0n) is 15.7. The summed E-state index contributed by atoms with van der Waals surface area (Å²) in [6, 6.07) is 4.87. The molecule has 0 bridgehead atoms. The van der Waals surface area contributed by atoms with E-state index in [-0.39, 0.29) is 36.3 Å². The molecule has 0 aliphatic carbocycles. The number of guanidine groups is 1. The first-order valence-corrected chi connectivity index (χ1v) is 9.44. The summed E-state index contributed by atoms with van der Waals surface area (Å²) in [5.41, 5.74) is 0.564. The molecular formula is C17H24BrF2IN6O. The quantitative estimate of drug-likeness (QED) is 0.273. The predicted octanol–water partition coefficient (Wildman–Crippen LogP) is 3.58. The molecule has 11 heteroatoms. The third-order valence-corrected chi connectivity index (χ3v) is 4.14. The summed E-state index contributed by atoms with van der Waals surface area (Å²) >= 11 is 3.34. The molecule has 2 N–H and O–H groups in total. The third kappa shape index (κ3) is 7.86. The van der Waals surface area contributed by atoms with Gasteiger partial charge in [0.15, 0.2) is 5.96 Å². The molecule has 0 unspecified atom stereocenters. The van der Waals surface area contributed by atoms with E-state index in [0.717, 1.165) is 16.7 Å². The summed E-state index contributed by atoms with van der Waals surface area (Å²) < 4.78 is 32.5. The highest BCUT2D eigenvalue weighted by Gasteiger charge is 2.10. The summed E-state index contributed by atoms with van der Waals surface area (Å²) in [4.78, 5) is 4.46. The number of rotatable bonds is 9. The second-order valence-corrected chi connectivity index (χ2v) is 6.46. The fourth-order valence-corrected chi connectivity index (χ4v) is 2.83. The molecule has 28 heavy (non-hydrogen) atoms. The van der Waals surface area contributed by atoms with E-state index in [4.69, 9.17) is 0 Å². The molecule has 0 saturated carbocycles. The maximum absolute atomic E-state index is 12.6. The van der Waals surface area contributed by atoms with Gasteiger partial charge in [0.05, 0.1) is 6.54 Å². The van der Waals surface area contributed by atoms with Crippen LogP contribution in [0.25, 0.3) is 0 Å². The molecule has 156 valence electrons. The number of nitrogens with zero attached hydrogens (tertiary/aromatic N) is 4. The molecule has 2 aromatic rings. The van der Waals surface area contributed by atoms with Crippen LogP contribution in [0, 0.1) is 0 Å². The lowest BCUT2D eigenvalue weighted by molar-refractivity contribution is -0.0504. The maximum atomic E-state index is 12.6. The number of halogens is 4. The SMILES string of the molecule is CCNC(=NCc1cc(Br)ccc1OC(F)F)NCCn1cnnc1CC.I. The van der Waals surface area contributed by atoms with E-state index in [1.807, 2.05) is 18.4 Å².